The van der Waals surface area contributed by atoms with Crippen LogP contribution in [0.3, 0.4) is 0 Å². The molecule has 1 aromatic heterocycles. The van der Waals surface area contributed by atoms with E-state index in [1.54, 1.807) is 6.20 Å². The maximum absolute atomic E-state index is 6.38. The molecule has 0 aliphatic rings. The molecule has 0 atom stereocenters. The molecule has 0 aliphatic carbocycles. The van der Waals surface area contributed by atoms with E-state index in [0.717, 1.165) is 41.3 Å². The minimum Gasteiger partial charge on any atom is -0.345 e. The molecule has 0 amide bonds. The predicted octanol–water partition coefficient (Wildman–Crippen LogP) is 5.79. The van der Waals surface area contributed by atoms with Gasteiger partial charge in [0.1, 0.15) is 0 Å². The highest BCUT2D eigenvalue weighted by Crippen LogP contribution is 2.26. The average Bonchev–Trinajstić information content (AvgIpc) is 3.19. The predicted molar refractivity (Wildman–Crippen MR) is 121 cm³/mol. The van der Waals surface area contributed by atoms with Crippen LogP contribution in [-0.2, 0) is 13.1 Å². The van der Waals surface area contributed by atoms with E-state index < -0.39 is 0 Å². The summed E-state index contributed by atoms with van der Waals surface area (Å²) in [5.41, 5.74) is 2.92. The van der Waals surface area contributed by atoms with Gasteiger partial charge in [-0.15, -0.1) is 0 Å². The minimum absolute atomic E-state index is 0.624. The fourth-order valence-corrected chi connectivity index (χ4v) is 3.65. The van der Waals surface area contributed by atoms with E-state index in [9.17, 15) is 0 Å². The first-order valence-corrected chi connectivity index (χ1v) is 10.2. The number of nitrogens with one attached hydrogen (secondary N) is 1. The van der Waals surface area contributed by atoms with Crippen LogP contribution in [0.25, 0.3) is 0 Å². The van der Waals surface area contributed by atoms with Gasteiger partial charge in [0, 0.05) is 37.1 Å². The highest BCUT2D eigenvalue weighted by molar-refractivity contribution is 7.80. The number of hydrogen-bond acceptors (Lipinski definition) is 2. The number of rotatable bonds is 7. The maximum atomic E-state index is 6.38. The Morgan fingerprint density at radius 2 is 1.93 bits per heavy atom. The molecule has 1 heterocycles. The molecule has 0 saturated carbocycles. The molecule has 3 rings (SSSR count). The molecule has 0 aliphatic heterocycles. The van der Waals surface area contributed by atoms with Crippen molar-refractivity contribution < 1.29 is 0 Å². The van der Waals surface area contributed by atoms with Crippen molar-refractivity contribution in [2.24, 2.45) is 0 Å². The van der Waals surface area contributed by atoms with Crippen LogP contribution in [0.2, 0.25) is 10.0 Å². The van der Waals surface area contributed by atoms with E-state index in [1.165, 1.54) is 0 Å². The van der Waals surface area contributed by atoms with Crippen LogP contribution < -0.4 is 5.32 Å². The molecule has 0 saturated heterocycles. The second kappa shape index (κ2) is 9.92. The maximum Gasteiger partial charge on any atom is 0.173 e. The van der Waals surface area contributed by atoms with Crippen molar-refractivity contribution >= 4 is 46.2 Å². The van der Waals surface area contributed by atoms with E-state index in [2.05, 4.69) is 19.8 Å². The van der Waals surface area contributed by atoms with E-state index in [4.69, 9.17) is 35.4 Å². The van der Waals surface area contributed by atoms with Gasteiger partial charge in [0.25, 0.3) is 0 Å². The number of aryl methyl sites for hydroxylation is 2. The lowest BCUT2D eigenvalue weighted by Gasteiger charge is -2.27. The second-order valence-corrected chi connectivity index (χ2v) is 7.73. The largest absolute Gasteiger partial charge is 0.345 e. The van der Waals surface area contributed by atoms with Gasteiger partial charge in [-0.05, 0) is 48.8 Å². The van der Waals surface area contributed by atoms with Gasteiger partial charge in [-0.25, -0.2) is 4.98 Å². The Hall–Kier alpha value is -2.08. The van der Waals surface area contributed by atoms with Gasteiger partial charge in [0.2, 0.25) is 0 Å². The SMILES string of the molecule is Cc1cccc(Cl)c1NC(=S)N(CCCn1ccnc1)Cc1ccccc1Cl. The van der Waals surface area contributed by atoms with Crippen molar-refractivity contribution in [1.29, 1.82) is 0 Å². The molecule has 1 N–H and O–H groups in total. The van der Waals surface area contributed by atoms with Crippen molar-refractivity contribution in [2.75, 3.05) is 11.9 Å². The summed E-state index contributed by atoms with van der Waals surface area (Å²) in [5.74, 6) is 0. The molecule has 0 radical (unpaired) electrons. The lowest BCUT2D eigenvalue weighted by Crippen LogP contribution is -2.35. The molecule has 2 aromatic carbocycles. The van der Waals surface area contributed by atoms with Crippen LogP contribution in [0, 0.1) is 6.92 Å². The minimum atomic E-state index is 0.624. The van der Waals surface area contributed by atoms with E-state index in [-0.39, 0.29) is 0 Å². The summed E-state index contributed by atoms with van der Waals surface area (Å²) >= 11 is 18.5. The van der Waals surface area contributed by atoms with Crippen molar-refractivity contribution in [3.8, 4) is 0 Å². The number of para-hydroxylation sites is 1. The molecule has 3 aromatic rings. The fraction of sp³-hybridized carbons (Fsp3) is 0.238. The molecule has 0 fully saturated rings. The number of nitrogens with zero attached hydrogens (tertiary/aromatic N) is 3. The second-order valence-electron chi connectivity index (χ2n) is 6.53. The van der Waals surface area contributed by atoms with Gasteiger partial charge < -0.3 is 14.8 Å². The Balaban J connectivity index is 1.74. The van der Waals surface area contributed by atoms with E-state index in [0.29, 0.717) is 16.7 Å². The van der Waals surface area contributed by atoms with Crippen LogP contribution in [0.1, 0.15) is 17.5 Å². The quantitative estimate of drug-likeness (QED) is 0.479. The topological polar surface area (TPSA) is 33.1 Å². The molecular weight excluding hydrogens is 411 g/mol. The zero-order chi connectivity index (χ0) is 19.9. The molecule has 0 spiro atoms. The summed E-state index contributed by atoms with van der Waals surface area (Å²) in [4.78, 5) is 6.21. The molecule has 4 nitrogen and oxygen atoms in total. The third-order valence-electron chi connectivity index (χ3n) is 4.46. The van der Waals surface area contributed by atoms with Gasteiger partial charge in [-0.3, -0.25) is 0 Å². The summed E-state index contributed by atoms with van der Waals surface area (Å²) in [6.45, 7) is 4.28. The van der Waals surface area contributed by atoms with Crippen LogP contribution >= 0.6 is 35.4 Å². The molecule has 0 unspecified atom stereocenters. The number of benzene rings is 2. The van der Waals surface area contributed by atoms with Crippen molar-refractivity contribution in [3.05, 3.63) is 82.4 Å². The number of halogens is 2. The standard InChI is InChI=1S/C21H22Cl2N4S/c1-16-6-4-9-19(23)20(16)25-21(28)27(12-5-11-26-13-10-24-15-26)14-17-7-2-3-8-18(17)22/h2-4,6-10,13,15H,5,11-12,14H2,1H3,(H,25,28). The first kappa shape index (κ1) is 20.6. The molecule has 28 heavy (non-hydrogen) atoms. The number of thiocarbonyl (C=S) groups is 1. The van der Waals surface area contributed by atoms with Gasteiger partial charge in [0.05, 0.1) is 17.0 Å². The zero-order valence-corrected chi connectivity index (χ0v) is 17.9. The van der Waals surface area contributed by atoms with Crippen LogP contribution in [-0.4, -0.2) is 26.1 Å². The normalized spacial score (nSPS) is 10.7. The van der Waals surface area contributed by atoms with Crippen LogP contribution in [0.15, 0.2) is 61.2 Å². The summed E-state index contributed by atoms with van der Waals surface area (Å²) in [5, 5.41) is 5.34. The van der Waals surface area contributed by atoms with Gasteiger partial charge in [-0.1, -0.05) is 53.5 Å². The Kier molecular flexibility index (Phi) is 7.31. The highest BCUT2D eigenvalue weighted by atomic mass is 35.5. The smallest absolute Gasteiger partial charge is 0.173 e. The molecule has 146 valence electrons. The van der Waals surface area contributed by atoms with Crippen LogP contribution in [0.5, 0.6) is 0 Å². The Labute approximate surface area is 181 Å². The number of aromatic nitrogens is 2. The molecular formula is C21H22Cl2N4S. The Bertz CT molecular complexity index is 908. The summed E-state index contributed by atoms with van der Waals surface area (Å²) in [7, 11) is 0. The lowest BCUT2D eigenvalue weighted by atomic mass is 10.2. The average molecular weight is 433 g/mol. The Morgan fingerprint density at radius 3 is 2.64 bits per heavy atom. The van der Waals surface area contributed by atoms with E-state index in [1.807, 2.05) is 61.9 Å². The number of hydrogen-bond donors (Lipinski definition) is 1. The van der Waals surface area contributed by atoms with Gasteiger partial charge in [-0.2, -0.15) is 0 Å². The van der Waals surface area contributed by atoms with Gasteiger partial charge >= 0.3 is 0 Å². The first-order valence-electron chi connectivity index (χ1n) is 9.05. The fourth-order valence-electron chi connectivity index (χ4n) is 2.92. The first-order chi connectivity index (χ1) is 13.5. The van der Waals surface area contributed by atoms with Crippen molar-refractivity contribution in [1.82, 2.24) is 14.5 Å². The highest BCUT2D eigenvalue weighted by Gasteiger charge is 2.14. The number of imidazole rings is 1. The van der Waals surface area contributed by atoms with E-state index >= 15 is 0 Å². The number of anilines is 1. The zero-order valence-electron chi connectivity index (χ0n) is 15.6. The third-order valence-corrected chi connectivity index (χ3v) is 5.51. The monoisotopic (exact) mass is 432 g/mol. The van der Waals surface area contributed by atoms with Gasteiger partial charge in [0.15, 0.2) is 5.11 Å². The lowest BCUT2D eigenvalue weighted by molar-refractivity contribution is 0.396. The van der Waals surface area contributed by atoms with Crippen molar-refractivity contribution in [3.63, 3.8) is 0 Å². The summed E-state index contributed by atoms with van der Waals surface area (Å²) < 4.78 is 2.06. The summed E-state index contributed by atoms with van der Waals surface area (Å²) in [6.07, 6.45) is 6.49. The third kappa shape index (κ3) is 5.47. The molecule has 0 bridgehead atoms. The molecule has 7 heteroatoms. The summed E-state index contributed by atoms with van der Waals surface area (Å²) in [6, 6.07) is 13.6. The van der Waals surface area contributed by atoms with Crippen molar-refractivity contribution in [2.45, 2.75) is 26.4 Å². The van der Waals surface area contributed by atoms with Crippen LogP contribution in [0.4, 0.5) is 5.69 Å². The Morgan fingerprint density at radius 1 is 1.14 bits per heavy atom.